The van der Waals surface area contributed by atoms with Crippen LogP contribution < -0.4 is 24.6 Å². The standard InChI is InChI=1S/C29H32N4O5/c1-37-27-11-8-20(16-28(27)38-2)12-13-30-29(34)24-18-21-17-23(33(35)36)9-10-25(21)32-15-14-31(19-26(24)32)22-6-4-3-5-7-22/h3-11,16-17,24,26H,12-15,18-19H2,1-2H3,(H,30,34). The summed E-state index contributed by atoms with van der Waals surface area (Å²) in [4.78, 5) is 29.2. The zero-order valence-electron chi connectivity index (χ0n) is 21.6. The first-order valence-electron chi connectivity index (χ1n) is 12.8. The number of ether oxygens (including phenoxy) is 2. The van der Waals surface area contributed by atoms with Crippen molar-refractivity contribution in [3.8, 4) is 11.5 Å². The molecule has 0 radical (unpaired) electrons. The van der Waals surface area contributed by atoms with Gasteiger partial charge in [0.05, 0.1) is 31.1 Å². The van der Waals surface area contributed by atoms with E-state index in [9.17, 15) is 14.9 Å². The van der Waals surface area contributed by atoms with Gasteiger partial charge in [0.25, 0.3) is 5.69 Å². The normalized spacial score (nSPS) is 18.3. The van der Waals surface area contributed by atoms with Gasteiger partial charge in [-0.2, -0.15) is 0 Å². The monoisotopic (exact) mass is 516 g/mol. The van der Waals surface area contributed by atoms with E-state index in [2.05, 4.69) is 27.2 Å². The molecule has 0 spiro atoms. The molecule has 2 aliphatic rings. The molecule has 1 amide bonds. The molecule has 5 rings (SSSR count). The molecule has 2 aliphatic heterocycles. The minimum Gasteiger partial charge on any atom is -0.493 e. The van der Waals surface area contributed by atoms with Crippen LogP contribution in [0.5, 0.6) is 11.5 Å². The second-order valence-electron chi connectivity index (χ2n) is 9.65. The van der Waals surface area contributed by atoms with E-state index in [4.69, 9.17) is 9.47 Å². The number of fused-ring (bicyclic) bond motifs is 3. The summed E-state index contributed by atoms with van der Waals surface area (Å²) in [7, 11) is 3.20. The number of non-ortho nitro benzene ring substituents is 1. The largest absolute Gasteiger partial charge is 0.493 e. The van der Waals surface area contributed by atoms with Crippen LogP contribution in [-0.2, 0) is 17.6 Å². The van der Waals surface area contributed by atoms with Gasteiger partial charge < -0.3 is 24.6 Å². The Morgan fingerprint density at radius 3 is 2.55 bits per heavy atom. The lowest BCUT2D eigenvalue weighted by atomic mass is 9.83. The number of para-hydroxylation sites is 1. The Morgan fingerprint density at radius 2 is 1.82 bits per heavy atom. The van der Waals surface area contributed by atoms with Gasteiger partial charge in [-0.25, -0.2) is 0 Å². The molecule has 198 valence electrons. The van der Waals surface area contributed by atoms with Gasteiger partial charge in [0.2, 0.25) is 5.91 Å². The van der Waals surface area contributed by atoms with Crippen LogP contribution in [-0.4, -0.2) is 57.3 Å². The molecule has 0 aliphatic carbocycles. The first-order valence-corrected chi connectivity index (χ1v) is 12.8. The number of carbonyl (C=O) groups is 1. The molecule has 0 aromatic heterocycles. The third-order valence-electron chi connectivity index (χ3n) is 7.53. The quantitative estimate of drug-likeness (QED) is 0.359. The summed E-state index contributed by atoms with van der Waals surface area (Å²) in [5.41, 5.74) is 4.06. The lowest BCUT2D eigenvalue weighted by molar-refractivity contribution is -0.384. The number of piperazine rings is 1. The molecule has 1 fully saturated rings. The maximum absolute atomic E-state index is 13.6. The van der Waals surface area contributed by atoms with Gasteiger partial charge in [0.1, 0.15) is 0 Å². The number of benzene rings is 3. The highest BCUT2D eigenvalue weighted by Gasteiger charge is 2.42. The molecule has 38 heavy (non-hydrogen) atoms. The van der Waals surface area contributed by atoms with Crippen LogP contribution >= 0.6 is 0 Å². The molecular formula is C29H32N4O5. The number of anilines is 2. The second-order valence-corrected chi connectivity index (χ2v) is 9.65. The zero-order chi connectivity index (χ0) is 26.6. The van der Waals surface area contributed by atoms with E-state index < -0.39 is 0 Å². The first-order chi connectivity index (χ1) is 18.5. The molecule has 2 unspecified atom stereocenters. The molecule has 9 nitrogen and oxygen atoms in total. The molecule has 3 aromatic carbocycles. The van der Waals surface area contributed by atoms with Crippen LogP contribution in [0.25, 0.3) is 0 Å². The third-order valence-corrected chi connectivity index (χ3v) is 7.53. The van der Waals surface area contributed by atoms with Gasteiger partial charge in [-0.05, 0) is 54.3 Å². The van der Waals surface area contributed by atoms with E-state index in [1.54, 1.807) is 26.4 Å². The maximum atomic E-state index is 13.6. The number of nitro groups is 1. The number of hydrogen-bond donors (Lipinski definition) is 1. The number of nitrogens with zero attached hydrogens (tertiary/aromatic N) is 3. The zero-order valence-corrected chi connectivity index (χ0v) is 21.6. The summed E-state index contributed by atoms with van der Waals surface area (Å²) in [6, 6.07) is 20.9. The van der Waals surface area contributed by atoms with Gasteiger partial charge in [-0.1, -0.05) is 24.3 Å². The third kappa shape index (κ3) is 5.09. The molecular weight excluding hydrogens is 484 g/mol. The highest BCUT2D eigenvalue weighted by atomic mass is 16.6. The number of amides is 1. The number of nitro benzene ring substituents is 1. The number of rotatable bonds is 8. The van der Waals surface area contributed by atoms with Gasteiger partial charge in [-0.3, -0.25) is 14.9 Å². The van der Waals surface area contributed by atoms with Crippen molar-refractivity contribution in [2.45, 2.75) is 18.9 Å². The van der Waals surface area contributed by atoms with Crippen molar-refractivity contribution in [1.82, 2.24) is 5.32 Å². The summed E-state index contributed by atoms with van der Waals surface area (Å²) < 4.78 is 10.7. The summed E-state index contributed by atoms with van der Waals surface area (Å²) in [5, 5.41) is 14.6. The SMILES string of the molecule is COc1ccc(CCNC(=O)C2Cc3cc([N+](=O)[O-])ccc3N3CCN(c4ccccc4)CC23)cc1OC. The summed E-state index contributed by atoms with van der Waals surface area (Å²) >= 11 is 0. The number of carbonyl (C=O) groups excluding carboxylic acids is 1. The van der Waals surface area contributed by atoms with Gasteiger partial charge in [-0.15, -0.1) is 0 Å². The summed E-state index contributed by atoms with van der Waals surface area (Å²) in [6.07, 6.45) is 1.11. The summed E-state index contributed by atoms with van der Waals surface area (Å²) in [6.45, 7) is 2.72. The fraction of sp³-hybridized carbons (Fsp3) is 0.345. The van der Waals surface area contributed by atoms with E-state index in [0.717, 1.165) is 35.6 Å². The average molecular weight is 517 g/mol. The fourth-order valence-electron chi connectivity index (χ4n) is 5.59. The average Bonchev–Trinajstić information content (AvgIpc) is 2.96. The highest BCUT2D eigenvalue weighted by molar-refractivity contribution is 5.82. The minimum atomic E-state index is -0.377. The van der Waals surface area contributed by atoms with Crippen LogP contribution in [0.4, 0.5) is 17.1 Å². The Balaban J connectivity index is 1.35. The van der Waals surface area contributed by atoms with Crippen molar-refractivity contribution in [2.75, 3.05) is 50.2 Å². The van der Waals surface area contributed by atoms with Gasteiger partial charge in [0, 0.05) is 49.7 Å². The predicted octanol–water partition coefficient (Wildman–Crippen LogP) is 3.84. The van der Waals surface area contributed by atoms with Crippen LogP contribution in [0.2, 0.25) is 0 Å². The number of hydrogen-bond acceptors (Lipinski definition) is 7. The van der Waals surface area contributed by atoms with Crippen molar-refractivity contribution in [2.24, 2.45) is 5.92 Å². The fourth-order valence-corrected chi connectivity index (χ4v) is 5.59. The van der Waals surface area contributed by atoms with E-state index in [0.29, 0.717) is 37.4 Å². The summed E-state index contributed by atoms with van der Waals surface area (Å²) in [5.74, 6) is 0.949. The Kier molecular flexibility index (Phi) is 7.35. The molecule has 0 saturated carbocycles. The maximum Gasteiger partial charge on any atom is 0.269 e. The van der Waals surface area contributed by atoms with Gasteiger partial charge >= 0.3 is 0 Å². The van der Waals surface area contributed by atoms with E-state index >= 15 is 0 Å². The molecule has 2 heterocycles. The van der Waals surface area contributed by atoms with E-state index in [1.165, 1.54) is 0 Å². The van der Waals surface area contributed by atoms with E-state index in [-0.39, 0.29) is 28.5 Å². The van der Waals surface area contributed by atoms with Crippen LogP contribution in [0, 0.1) is 16.0 Å². The van der Waals surface area contributed by atoms with E-state index in [1.807, 2.05) is 42.5 Å². The van der Waals surface area contributed by atoms with Crippen LogP contribution in [0.1, 0.15) is 11.1 Å². The smallest absolute Gasteiger partial charge is 0.269 e. The van der Waals surface area contributed by atoms with Crippen molar-refractivity contribution in [3.63, 3.8) is 0 Å². The second kappa shape index (κ2) is 11.0. The molecule has 9 heteroatoms. The minimum absolute atomic E-state index is 0.0347. The molecule has 3 aromatic rings. The molecule has 2 atom stereocenters. The Morgan fingerprint density at radius 1 is 1.03 bits per heavy atom. The van der Waals surface area contributed by atoms with Crippen molar-refractivity contribution < 1.29 is 19.2 Å². The van der Waals surface area contributed by atoms with Crippen molar-refractivity contribution in [1.29, 1.82) is 0 Å². The predicted molar refractivity (Wildman–Crippen MR) is 146 cm³/mol. The number of methoxy groups -OCH3 is 2. The first kappa shape index (κ1) is 25.4. The molecule has 0 bridgehead atoms. The van der Waals surface area contributed by atoms with Gasteiger partial charge in [0.15, 0.2) is 11.5 Å². The number of nitrogens with one attached hydrogen (secondary N) is 1. The van der Waals surface area contributed by atoms with Crippen molar-refractivity contribution >= 4 is 23.0 Å². The Labute approximate surface area is 222 Å². The Bertz CT molecular complexity index is 1320. The van der Waals surface area contributed by atoms with Crippen LogP contribution in [0.3, 0.4) is 0 Å². The molecule has 1 saturated heterocycles. The topological polar surface area (TPSA) is 97.2 Å². The Hall–Kier alpha value is -4.27. The lowest BCUT2D eigenvalue weighted by Crippen LogP contribution is -2.61. The lowest BCUT2D eigenvalue weighted by Gasteiger charge is -2.49. The molecule has 1 N–H and O–H groups in total. The van der Waals surface area contributed by atoms with Crippen molar-refractivity contribution in [3.05, 3.63) is 88.0 Å². The van der Waals surface area contributed by atoms with Crippen LogP contribution in [0.15, 0.2) is 66.7 Å². The highest BCUT2D eigenvalue weighted by Crippen LogP contribution is 2.38.